The highest BCUT2D eigenvalue weighted by Gasteiger charge is 2.28. The van der Waals surface area contributed by atoms with Crippen molar-refractivity contribution in [3.05, 3.63) is 30.1 Å². The molecule has 14 heavy (non-hydrogen) atoms. The molecule has 0 aromatic carbocycles. The summed E-state index contributed by atoms with van der Waals surface area (Å²) in [5.74, 6) is 0.875. The van der Waals surface area contributed by atoms with Crippen LogP contribution in [0.15, 0.2) is 24.4 Å². The van der Waals surface area contributed by atoms with Crippen molar-refractivity contribution in [2.45, 2.75) is 32.1 Å². The van der Waals surface area contributed by atoms with Crippen molar-refractivity contribution < 1.29 is 4.79 Å². The quantitative estimate of drug-likeness (QED) is 0.711. The average Bonchev–Trinajstić information content (AvgIpc) is 3.02. The summed E-state index contributed by atoms with van der Waals surface area (Å²) in [5.41, 5.74) is 1.09. The summed E-state index contributed by atoms with van der Waals surface area (Å²) < 4.78 is 0. The minimum atomic E-state index is 0.415. The molecule has 2 heteroatoms. The lowest BCUT2D eigenvalue weighted by Gasteiger charge is -1.99. The Hall–Kier alpha value is -1.18. The zero-order valence-electron chi connectivity index (χ0n) is 8.28. The van der Waals surface area contributed by atoms with Gasteiger partial charge in [-0.1, -0.05) is 6.07 Å². The Morgan fingerprint density at radius 3 is 2.93 bits per heavy atom. The highest BCUT2D eigenvalue weighted by molar-refractivity contribution is 5.83. The van der Waals surface area contributed by atoms with Gasteiger partial charge in [0.25, 0.3) is 0 Å². The smallest absolute Gasteiger partial charge is 0.135 e. The summed E-state index contributed by atoms with van der Waals surface area (Å²) in [6, 6.07) is 5.92. The lowest BCUT2D eigenvalue weighted by Crippen LogP contribution is -2.01. The first-order valence-electron chi connectivity index (χ1n) is 5.29. The second-order valence-corrected chi connectivity index (χ2v) is 3.92. The number of Topliss-reactive ketones (excluding diaryl/α,β-unsaturated/α-hetero) is 1. The van der Waals surface area contributed by atoms with E-state index in [4.69, 9.17) is 0 Å². The van der Waals surface area contributed by atoms with E-state index in [0.717, 1.165) is 37.8 Å². The first-order valence-corrected chi connectivity index (χ1v) is 5.29. The van der Waals surface area contributed by atoms with Crippen molar-refractivity contribution in [3.8, 4) is 0 Å². The molecule has 1 aromatic rings. The number of hydrogen-bond acceptors (Lipinski definition) is 2. The topological polar surface area (TPSA) is 30.0 Å². The molecule has 1 heterocycles. The van der Waals surface area contributed by atoms with Crippen LogP contribution in [-0.4, -0.2) is 10.8 Å². The Bertz CT molecular complexity index is 303. The van der Waals surface area contributed by atoms with Crippen molar-refractivity contribution in [1.29, 1.82) is 0 Å². The van der Waals surface area contributed by atoms with Crippen molar-refractivity contribution in [3.63, 3.8) is 0 Å². The molecule has 0 spiro atoms. The van der Waals surface area contributed by atoms with Crippen LogP contribution in [0, 0.1) is 5.92 Å². The zero-order valence-corrected chi connectivity index (χ0v) is 8.28. The number of carbonyl (C=O) groups excluding carboxylic acids is 1. The molecule has 0 radical (unpaired) electrons. The molecule has 0 amide bonds. The van der Waals surface area contributed by atoms with Crippen LogP contribution in [0.5, 0.6) is 0 Å². The number of aryl methyl sites for hydroxylation is 1. The third-order valence-corrected chi connectivity index (χ3v) is 2.61. The molecule has 0 atom stereocenters. The first kappa shape index (κ1) is 9.38. The van der Waals surface area contributed by atoms with Gasteiger partial charge in [-0.25, -0.2) is 0 Å². The molecule has 2 nitrogen and oxygen atoms in total. The van der Waals surface area contributed by atoms with E-state index in [1.165, 1.54) is 0 Å². The molecule has 1 aliphatic rings. The Morgan fingerprint density at radius 1 is 1.43 bits per heavy atom. The van der Waals surface area contributed by atoms with E-state index in [1.807, 2.05) is 18.2 Å². The Kier molecular flexibility index (Phi) is 2.92. The Balaban J connectivity index is 1.70. The van der Waals surface area contributed by atoms with Crippen molar-refractivity contribution in [2.24, 2.45) is 5.92 Å². The SMILES string of the molecule is O=C(CCCc1ccccn1)C1CC1. The maximum absolute atomic E-state index is 11.4. The van der Waals surface area contributed by atoms with Crippen molar-refractivity contribution in [2.75, 3.05) is 0 Å². The lowest BCUT2D eigenvalue weighted by molar-refractivity contribution is -0.120. The summed E-state index contributed by atoms with van der Waals surface area (Å²) in [7, 11) is 0. The van der Waals surface area contributed by atoms with Crippen molar-refractivity contribution >= 4 is 5.78 Å². The predicted molar refractivity (Wildman–Crippen MR) is 54.9 cm³/mol. The molecule has 0 aliphatic heterocycles. The highest BCUT2D eigenvalue weighted by atomic mass is 16.1. The second-order valence-electron chi connectivity index (χ2n) is 3.92. The Labute approximate surface area is 84.4 Å². The maximum atomic E-state index is 11.4. The van der Waals surface area contributed by atoms with Gasteiger partial charge in [0.1, 0.15) is 5.78 Å². The molecule has 1 fully saturated rings. The van der Waals surface area contributed by atoms with Crippen molar-refractivity contribution in [1.82, 2.24) is 4.98 Å². The summed E-state index contributed by atoms with van der Waals surface area (Å²) in [6.07, 6.45) is 6.68. The second kappa shape index (κ2) is 4.36. The predicted octanol–water partition coefficient (Wildman–Crippen LogP) is 2.38. The fourth-order valence-corrected chi connectivity index (χ4v) is 1.60. The average molecular weight is 189 g/mol. The minimum Gasteiger partial charge on any atom is -0.299 e. The van der Waals surface area contributed by atoms with Gasteiger partial charge >= 0.3 is 0 Å². The molecule has 0 saturated heterocycles. The third kappa shape index (κ3) is 2.66. The lowest BCUT2D eigenvalue weighted by atomic mass is 10.1. The number of aromatic nitrogens is 1. The molecule has 74 valence electrons. The van der Waals surface area contributed by atoms with E-state index < -0.39 is 0 Å². The van der Waals surface area contributed by atoms with E-state index in [1.54, 1.807) is 6.20 Å². The number of nitrogens with zero attached hydrogens (tertiary/aromatic N) is 1. The summed E-state index contributed by atoms with van der Waals surface area (Å²) in [6.45, 7) is 0. The van der Waals surface area contributed by atoms with Gasteiger partial charge in [-0.3, -0.25) is 9.78 Å². The molecule has 0 unspecified atom stereocenters. The van der Waals surface area contributed by atoms with E-state index in [9.17, 15) is 4.79 Å². The van der Waals surface area contributed by atoms with Crippen LogP contribution in [0.1, 0.15) is 31.4 Å². The highest BCUT2D eigenvalue weighted by Crippen LogP contribution is 2.31. The van der Waals surface area contributed by atoms with Crippen LogP contribution < -0.4 is 0 Å². The van der Waals surface area contributed by atoms with Gasteiger partial charge in [0, 0.05) is 24.2 Å². The number of ketones is 1. The minimum absolute atomic E-state index is 0.415. The normalized spacial score (nSPS) is 15.4. The van der Waals surface area contributed by atoms with E-state index >= 15 is 0 Å². The van der Waals surface area contributed by atoms with Gasteiger partial charge in [0.15, 0.2) is 0 Å². The van der Waals surface area contributed by atoms with Gasteiger partial charge in [-0.15, -0.1) is 0 Å². The van der Waals surface area contributed by atoms with E-state index in [-0.39, 0.29) is 0 Å². The number of rotatable bonds is 5. The van der Waals surface area contributed by atoms with Crippen LogP contribution in [-0.2, 0) is 11.2 Å². The number of carbonyl (C=O) groups is 1. The van der Waals surface area contributed by atoms with Crippen LogP contribution >= 0.6 is 0 Å². The molecular weight excluding hydrogens is 174 g/mol. The maximum Gasteiger partial charge on any atom is 0.135 e. The van der Waals surface area contributed by atoms with Crippen LogP contribution in [0.25, 0.3) is 0 Å². The largest absolute Gasteiger partial charge is 0.299 e. The Morgan fingerprint density at radius 2 is 2.29 bits per heavy atom. The van der Waals surface area contributed by atoms with Crippen LogP contribution in [0.3, 0.4) is 0 Å². The fourth-order valence-electron chi connectivity index (χ4n) is 1.60. The fraction of sp³-hybridized carbons (Fsp3) is 0.500. The molecule has 2 rings (SSSR count). The molecule has 1 saturated carbocycles. The van der Waals surface area contributed by atoms with Gasteiger partial charge < -0.3 is 0 Å². The van der Waals surface area contributed by atoms with Crippen LogP contribution in [0.4, 0.5) is 0 Å². The number of pyridine rings is 1. The summed E-state index contributed by atoms with van der Waals surface area (Å²) in [4.78, 5) is 15.6. The van der Waals surface area contributed by atoms with Gasteiger partial charge in [0.2, 0.25) is 0 Å². The first-order chi connectivity index (χ1) is 6.86. The van der Waals surface area contributed by atoms with E-state index in [0.29, 0.717) is 11.7 Å². The van der Waals surface area contributed by atoms with Gasteiger partial charge in [0.05, 0.1) is 0 Å². The zero-order chi connectivity index (χ0) is 9.80. The van der Waals surface area contributed by atoms with Gasteiger partial charge in [-0.05, 0) is 37.8 Å². The molecule has 1 aromatic heterocycles. The summed E-state index contributed by atoms with van der Waals surface area (Å²) in [5, 5.41) is 0. The number of hydrogen-bond donors (Lipinski definition) is 0. The standard InChI is InChI=1S/C12H15NO/c14-12(10-7-8-10)6-3-5-11-4-1-2-9-13-11/h1-2,4,9-10H,3,5-8H2. The molecule has 1 aliphatic carbocycles. The van der Waals surface area contributed by atoms with Gasteiger partial charge in [-0.2, -0.15) is 0 Å². The monoisotopic (exact) mass is 189 g/mol. The third-order valence-electron chi connectivity index (χ3n) is 2.61. The molecular formula is C12H15NO. The molecule has 0 N–H and O–H groups in total. The van der Waals surface area contributed by atoms with E-state index in [2.05, 4.69) is 4.98 Å². The summed E-state index contributed by atoms with van der Waals surface area (Å²) >= 11 is 0. The van der Waals surface area contributed by atoms with Crippen LogP contribution in [0.2, 0.25) is 0 Å². The molecule has 0 bridgehead atoms.